The fourth-order valence-electron chi connectivity index (χ4n) is 8.71. The fourth-order valence-corrected chi connectivity index (χ4v) is 8.71. The van der Waals surface area contributed by atoms with Crippen molar-refractivity contribution in [2.24, 2.45) is 0 Å². The number of para-hydroxylation sites is 1. The Morgan fingerprint density at radius 1 is 0.854 bits per heavy atom. The first-order valence-electron chi connectivity index (χ1n) is 17.9. The average Bonchev–Trinajstić information content (AvgIpc) is 3.67. The number of amides is 1. The lowest BCUT2D eigenvalue weighted by molar-refractivity contribution is 0.0960. The van der Waals surface area contributed by atoms with Gasteiger partial charge in [-0.1, -0.05) is 91.0 Å². The Balaban J connectivity index is 1.09. The SMILES string of the molecule is CCN1c2ccc(C3CCCN(C(=O)OCc4ccccc4)CCc4c3[nH]c3ccccc43)cc2[C@H]2CN(Cc3ccccc3)CC[C@H]21. The molecular weight excluding hydrogens is 592 g/mol. The molecule has 1 saturated heterocycles. The third kappa shape index (κ3) is 5.99. The summed E-state index contributed by atoms with van der Waals surface area (Å²) in [7, 11) is 0. The van der Waals surface area contributed by atoms with Gasteiger partial charge in [0, 0.05) is 79.4 Å². The number of fused-ring (bicyclic) bond motifs is 6. The van der Waals surface area contributed by atoms with E-state index in [1.807, 2.05) is 35.2 Å². The predicted molar refractivity (Wildman–Crippen MR) is 194 cm³/mol. The van der Waals surface area contributed by atoms with E-state index in [4.69, 9.17) is 4.74 Å². The topological polar surface area (TPSA) is 51.8 Å². The van der Waals surface area contributed by atoms with E-state index in [0.717, 1.165) is 51.0 Å². The second-order valence-electron chi connectivity index (χ2n) is 13.8. The number of hydrogen-bond donors (Lipinski definition) is 1. The molecule has 246 valence electrons. The molecule has 1 aromatic heterocycles. The van der Waals surface area contributed by atoms with Gasteiger partial charge in [0.15, 0.2) is 0 Å². The number of piperidine rings is 1. The summed E-state index contributed by atoms with van der Waals surface area (Å²) in [6.45, 7) is 8.22. The molecule has 6 nitrogen and oxygen atoms in total. The van der Waals surface area contributed by atoms with Gasteiger partial charge in [0.1, 0.15) is 6.61 Å². The van der Waals surface area contributed by atoms with E-state index in [2.05, 4.69) is 94.5 Å². The van der Waals surface area contributed by atoms with Crippen LogP contribution in [0.15, 0.2) is 103 Å². The van der Waals surface area contributed by atoms with Gasteiger partial charge in [-0.3, -0.25) is 4.90 Å². The van der Waals surface area contributed by atoms with Crippen LogP contribution < -0.4 is 4.90 Å². The Morgan fingerprint density at radius 2 is 1.62 bits per heavy atom. The van der Waals surface area contributed by atoms with Crippen LogP contribution in [0.3, 0.4) is 0 Å². The molecule has 4 heterocycles. The molecule has 0 radical (unpaired) electrons. The van der Waals surface area contributed by atoms with E-state index in [1.54, 1.807) is 0 Å². The van der Waals surface area contributed by atoms with Crippen LogP contribution in [-0.4, -0.2) is 59.6 Å². The molecule has 3 atom stereocenters. The highest BCUT2D eigenvalue weighted by molar-refractivity contribution is 5.85. The molecule has 0 saturated carbocycles. The Labute approximate surface area is 284 Å². The number of anilines is 1. The summed E-state index contributed by atoms with van der Waals surface area (Å²) in [5.41, 5.74) is 10.5. The van der Waals surface area contributed by atoms with Crippen LogP contribution in [0.25, 0.3) is 10.9 Å². The summed E-state index contributed by atoms with van der Waals surface area (Å²) >= 11 is 0. The first-order valence-corrected chi connectivity index (χ1v) is 17.9. The van der Waals surface area contributed by atoms with Crippen molar-refractivity contribution in [3.8, 4) is 0 Å². The van der Waals surface area contributed by atoms with Crippen LogP contribution in [0.1, 0.15) is 71.5 Å². The number of hydrogen-bond acceptors (Lipinski definition) is 4. The van der Waals surface area contributed by atoms with Gasteiger partial charge in [-0.15, -0.1) is 0 Å². The first-order chi connectivity index (χ1) is 23.7. The number of aromatic amines is 1. The van der Waals surface area contributed by atoms with Gasteiger partial charge in [-0.05, 0) is 72.6 Å². The van der Waals surface area contributed by atoms with Crippen molar-refractivity contribution in [3.63, 3.8) is 0 Å². The van der Waals surface area contributed by atoms with Gasteiger partial charge < -0.3 is 19.5 Å². The number of carbonyl (C=O) groups is 1. The van der Waals surface area contributed by atoms with E-state index in [9.17, 15) is 4.79 Å². The van der Waals surface area contributed by atoms with E-state index >= 15 is 0 Å². The number of benzene rings is 4. The molecule has 48 heavy (non-hydrogen) atoms. The zero-order chi connectivity index (χ0) is 32.5. The first kappa shape index (κ1) is 30.8. The maximum absolute atomic E-state index is 13.4. The molecule has 4 aromatic carbocycles. The summed E-state index contributed by atoms with van der Waals surface area (Å²) in [6.07, 6.45) is 3.65. The summed E-state index contributed by atoms with van der Waals surface area (Å²) < 4.78 is 5.81. The second kappa shape index (κ2) is 13.5. The van der Waals surface area contributed by atoms with Crippen LogP contribution in [0, 0.1) is 0 Å². The van der Waals surface area contributed by atoms with Gasteiger partial charge in [0.2, 0.25) is 0 Å². The molecule has 0 spiro atoms. The fraction of sp³-hybridized carbons (Fsp3) is 0.357. The van der Waals surface area contributed by atoms with Crippen LogP contribution in [0.4, 0.5) is 10.5 Å². The van der Waals surface area contributed by atoms with Gasteiger partial charge in [0.05, 0.1) is 0 Å². The van der Waals surface area contributed by atoms with Gasteiger partial charge in [-0.25, -0.2) is 4.79 Å². The lowest BCUT2D eigenvalue weighted by Gasteiger charge is -2.38. The van der Waals surface area contributed by atoms with Crippen molar-refractivity contribution < 1.29 is 9.53 Å². The smallest absolute Gasteiger partial charge is 0.410 e. The number of likely N-dealkylation sites (N-methyl/N-ethyl adjacent to an activating group) is 1. The third-order valence-corrected chi connectivity index (χ3v) is 11.0. The number of carbonyl (C=O) groups excluding carboxylic acids is 1. The third-order valence-electron chi connectivity index (χ3n) is 11.0. The molecule has 6 heteroatoms. The normalized spacial score (nSPS) is 21.1. The number of aromatic nitrogens is 1. The number of rotatable bonds is 6. The highest BCUT2D eigenvalue weighted by atomic mass is 16.6. The standard InChI is InChI=1S/C42H46N4O2/c1-2-46-39-20-19-32(26-36(39)37-28-44(24-22-40(37)46)27-30-12-5-3-6-13-30)33-17-11-23-45(42(47)48-29-31-14-7-4-8-15-31)25-21-35-34-16-9-10-18-38(34)43-41(33)35/h3-10,12-16,18-20,26,33,37,40,43H,2,11,17,21-25,27-29H2,1H3/t33?,37-,40-/m1/s1. The molecule has 5 aromatic rings. The lowest BCUT2D eigenvalue weighted by Crippen LogP contribution is -2.45. The maximum Gasteiger partial charge on any atom is 0.410 e. The molecular formula is C42H46N4O2. The minimum absolute atomic E-state index is 0.223. The Bertz CT molecular complexity index is 1870. The zero-order valence-corrected chi connectivity index (χ0v) is 28.0. The Morgan fingerprint density at radius 3 is 2.44 bits per heavy atom. The van der Waals surface area contributed by atoms with Crippen molar-refractivity contribution in [1.29, 1.82) is 0 Å². The zero-order valence-electron chi connectivity index (χ0n) is 28.0. The largest absolute Gasteiger partial charge is 0.445 e. The summed E-state index contributed by atoms with van der Waals surface area (Å²) in [5.74, 6) is 0.738. The van der Waals surface area contributed by atoms with Gasteiger partial charge >= 0.3 is 6.09 Å². The molecule has 1 unspecified atom stereocenters. The molecule has 3 aliphatic heterocycles. The molecule has 8 rings (SSSR count). The predicted octanol–water partition coefficient (Wildman–Crippen LogP) is 8.47. The Kier molecular flexibility index (Phi) is 8.66. The van der Waals surface area contributed by atoms with Crippen LogP contribution in [-0.2, 0) is 24.3 Å². The highest BCUT2D eigenvalue weighted by Gasteiger charge is 2.41. The number of H-pyrrole nitrogens is 1. The molecule has 0 bridgehead atoms. The summed E-state index contributed by atoms with van der Waals surface area (Å²) in [5, 5.41) is 1.26. The number of nitrogens with one attached hydrogen (secondary N) is 1. The molecule has 1 amide bonds. The van der Waals surface area contributed by atoms with E-state index in [-0.39, 0.29) is 12.0 Å². The second-order valence-corrected chi connectivity index (χ2v) is 13.8. The van der Waals surface area contributed by atoms with Crippen LogP contribution in [0.2, 0.25) is 0 Å². The van der Waals surface area contributed by atoms with Crippen LogP contribution >= 0.6 is 0 Å². The minimum atomic E-state index is -0.223. The molecule has 1 N–H and O–H groups in total. The quantitative estimate of drug-likeness (QED) is 0.203. The summed E-state index contributed by atoms with van der Waals surface area (Å²) in [6, 6.07) is 37.4. The Hall–Kier alpha value is -4.55. The molecule has 1 fully saturated rings. The van der Waals surface area contributed by atoms with Crippen molar-refractivity contribution in [1.82, 2.24) is 14.8 Å². The van der Waals surface area contributed by atoms with Crippen molar-refractivity contribution in [3.05, 3.63) is 137 Å². The van der Waals surface area contributed by atoms with Gasteiger partial charge in [0.25, 0.3) is 0 Å². The molecule has 0 aliphatic carbocycles. The van der Waals surface area contributed by atoms with Crippen molar-refractivity contribution in [2.45, 2.75) is 63.6 Å². The van der Waals surface area contributed by atoms with E-state index in [1.165, 1.54) is 51.0 Å². The monoisotopic (exact) mass is 638 g/mol. The number of nitrogens with zero attached hydrogens (tertiary/aromatic N) is 3. The summed E-state index contributed by atoms with van der Waals surface area (Å²) in [4.78, 5) is 24.5. The minimum Gasteiger partial charge on any atom is -0.445 e. The van der Waals surface area contributed by atoms with E-state index in [0.29, 0.717) is 31.7 Å². The van der Waals surface area contributed by atoms with Gasteiger partial charge in [-0.2, -0.15) is 0 Å². The average molecular weight is 639 g/mol. The number of ether oxygens (including phenoxy) is 1. The van der Waals surface area contributed by atoms with E-state index < -0.39 is 0 Å². The van der Waals surface area contributed by atoms with Crippen molar-refractivity contribution in [2.75, 3.05) is 37.6 Å². The van der Waals surface area contributed by atoms with Crippen molar-refractivity contribution >= 4 is 22.7 Å². The maximum atomic E-state index is 13.4. The van der Waals surface area contributed by atoms with Crippen LogP contribution in [0.5, 0.6) is 0 Å². The highest BCUT2D eigenvalue weighted by Crippen LogP contribution is 2.47. The number of likely N-dealkylation sites (tertiary alicyclic amines) is 1. The lowest BCUT2D eigenvalue weighted by atomic mass is 9.84. The molecule has 3 aliphatic rings.